The molecule has 310 valence electrons. The lowest BCUT2D eigenvalue weighted by molar-refractivity contribution is -0.385. The number of ether oxygens (including phenoxy) is 6. The van der Waals surface area contributed by atoms with Crippen LogP contribution in [-0.2, 0) is 41.6 Å². The van der Waals surface area contributed by atoms with Gasteiger partial charge in [-0.25, -0.2) is 9.59 Å². The van der Waals surface area contributed by atoms with E-state index in [0.717, 1.165) is 11.1 Å². The summed E-state index contributed by atoms with van der Waals surface area (Å²) < 4.78 is 37.2. The monoisotopic (exact) mass is 808 g/mol. The molecule has 0 bridgehead atoms. The summed E-state index contributed by atoms with van der Waals surface area (Å²) in [5.41, 5.74) is 1.75. The Labute approximate surface area is 342 Å². The molecule has 6 atom stereocenters. The standard InChI is InChI=1S/C45H48N2O12/c1-5-37(54-29-31-13-9-7-10-14-31)39(56-43(48)33-17-21-35(22-18-33)46(50)51)25-27-41-42(59-45(3,4)58-41)28-26-40(38(6-2)55-30-32-15-11-8-12-16-32)57-44(49)34-19-23-36(24-20-34)47(52)53/h5-24,37-42H,1-2,25-30H2,3-4H3/t37-,38-,39+,40+,41-,42-/m1/s1. The number of nitrogens with zero attached hydrogens (tertiary/aromatic N) is 2. The normalized spacial score (nSPS) is 17.8. The minimum Gasteiger partial charge on any atom is -0.456 e. The number of nitro groups is 2. The number of carbonyl (C=O) groups excluding carboxylic acids is 2. The Morgan fingerprint density at radius 1 is 0.644 bits per heavy atom. The number of carbonyl (C=O) groups is 2. The zero-order valence-electron chi connectivity index (χ0n) is 33.0. The van der Waals surface area contributed by atoms with Gasteiger partial charge in [0.15, 0.2) is 5.79 Å². The quantitative estimate of drug-likeness (QED) is 0.0320. The Morgan fingerprint density at radius 3 is 1.32 bits per heavy atom. The largest absolute Gasteiger partial charge is 0.456 e. The molecular formula is C45H48N2O12. The third-order valence-electron chi connectivity index (χ3n) is 9.67. The van der Waals surface area contributed by atoms with Crippen molar-refractivity contribution >= 4 is 23.3 Å². The number of hydrogen-bond donors (Lipinski definition) is 0. The van der Waals surface area contributed by atoms with Gasteiger partial charge in [-0.2, -0.15) is 0 Å². The summed E-state index contributed by atoms with van der Waals surface area (Å²) in [6.45, 7) is 11.9. The molecule has 4 aromatic rings. The van der Waals surface area contributed by atoms with Crippen molar-refractivity contribution < 1.29 is 47.9 Å². The average Bonchev–Trinajstić information content (AvgIpc) is 3.55. The van der Waals surface area contributed by atoms with E-state index in [-0.39, 0.29) is 48.6 Å². The van der Waals surface area contributed by atoms with Crippen LogP contribution in [-0.4, -0.2) is 64.2 Å². The van der Waals surface area contributed by atoms with Crippen molar-refractivity contribution in [2.45, 2.75) is 95.2 Å². The molecule has 0 radical (unpaired) electrons. The summed E-state index contributed by atoms with van der Waals surface area (Å²) in [4.78, 5) is 48.1. The predicted molar refractivity (Wildman–Crippen MR) is 217 cm³/mol. The summed E-state index contributed by atoms with van der Waals surface area (Å²) >= 11 is 0. The second kappa shape index (κ2) is 21.1. The maximum atomic E-state index is 13.4. The molecule has 0 spiro atoms. The maximum absolute atomic E-state index is 13.4. The van der Waals surface area contributed by atoms with Gasteiger partial charge in [-0.3, -0.25) is 20.2 Å². The maximum Gasteiger partial charge on any atom is 0.338 e. The molecule has 1 aliphatic rings. The molecule has 1 aliphatic heterocycles. The predicted octanol–water partition coefficient (Wildman–Crippen LogP) is 8.88. The van der Waals surface area contributed by atoms with Crippen LogP contribution < -0.4 is 0 Å². The summed E-state index contributed by atoms with van der Waals surface area (Å²) in [6, 6.07) is 29.3. The number of rotatable bonds is 22. The SMILES string of the molecule is C=C[C@@H](OCc1ccccc1)[C@H](CC[C@H]1OC(C)(C)O[C@@H]1CC[C@H](OC(=O)c1ccc([N+](=O)[O-])cc1)[C@@H](C=C)OCc1ccccc1)OC(=O)c1ccc([N+](=O)[O-])cc1. The highest BCUT2D eigenvalue weighted by Gasteiger charge is 2.42. The minimum atomic E-state index is -0.978. The zero-order valence-corrected chi connectivity index (χ0v) is 33.0. The first-order valence-corrected chi connectivity index (χ1v) is 19.2. The lowest BCUT2D eigenvalue weighted by atomic mass is 9.97. The molecule has 0 N–H and O–H groups in total. The number of nitro benzene ring substituents is 2. The highest BCUT2D eigenvalue weighted by molar-refractivity contribution is 5.90. The fourth-order valence-corrected chi connectivity index (χ4v) is 6.67. The first-order valence-electron chi connectivity index (χ1n) is 19.2. The van der Waals surface area contributed by atoms with Crippen LogP contribution in [0.2, 0.25) is 0 Å². The molecule has 14 heteroatoms. The van der Waals surface area contributed by atoms with E-state index in [1.807, 2.05) is 60.7 Å². The van der Waals surface area contributed by atoms with Crippen LogP contribution in [0.25, 0.3) is 0 Å². The third kappa shape index (κ3) is 13.0. The van der Waals surface area contributed by atoms with Crippen LogP contribution in [0.4, 0.5) is 11.4 Å². The first kappa shape index (κ1) is 44.1. The van der Waals surface area contributed by atoms with Crippen molar-refractivity contribution in [3.63, 3.8) is 0 Å². The molecule has 1 fully saturated rings. The van der Waals surface area contributed by atoms with Crippen molar-refractivity contribution in [1.82, 2.24) is 0 Å². The van der Waals surface area contributed by atoms with E-state index in [9.17, 15) is 29.8 Å². The van der Waals surface area contributed by atoms with Gasteiger partial charge < -0.3 is 28.4 Å². The van der Waals surface area contributed by atoms with Crippen LogP contribution in [0, 0.1) is 20.2 Å². The van der Waals surface area contributed by atoms with E-state index in [0.29, 0.717) is 12.8 Å². The smallest absolute Gasteiger partial charge is 0.338 e. The number of hydrogen-bond acceptors (Lipinski definition) is 12. The molecule has 0 aliphatic carbocycles. The Morgan fingerprint density at radius 2 is 1.00 bits per heavy atom. The van der Waals surface area contributed by atoms with Crippen molar-refractivity contribution in [2.24, 2.45) is 0 Å². The second-order valence-corrected chi connectivity index (χ2v) is 14.4. The third-order valence-corrected chi connectivity index (χ3v) is 9.67. The van der Waals surface area contributed by atoms with E-state index in [1.165, 1.54) is 48.5 Å². The van der Waals surface area contributed by atoms with Gasteiger partial charge in [0.05, 0.1) is 46.4 Å². The summed E-state index contributed by atoms with van der Waals surface area (Å²) in [7, 11) is 0. The van der Waals surface area contributed by atoms with Gasteiger partial charge in [-0.15, -0.1) is 13.2 Å². The van der Waals surface area contributed by atoms with Gasteiger partial charge in [0, 0.05) is 24.3 Å². The molecule has 1 heterocycles. The molecule has 4 aromatic carbocycles. The molecule has 14 nitrogen and oxygen atoms in total. The van der Waals surface area contributed by atoms with E-state index in [1.54, 1.807) is 26.0 Å². The highest BCUT2D eigenvalue weighted by atomic mass is 16.8. The summed E-state index contributed by atoms with van der Waals surface area (Å²) in [5.74, 6) is -2.36. The fourth-order valence-electron chi connectivity index (χ4n) is 6.67. The van der Waals surface area contributed by atoms with E-state index in [2.05, 4.69) is 13.2 Å². The van der Waals surface area contributed by atoms with Crippen LogP contribution >= 0.6 is 0 Å². The van der Waals surface area contributed by atoms with Gasteiger partial charge in [0.25, 0.3) is 11.4 Å². The lowest BCUT2D eigenvalue weighted by Crippen LogP contribution is -2.36. The molecular weight excluding hydrogens is 760 g/mol. The fraction of sp³-hybridized carbons (Fsp3) is 0.333. The molecule has 0 aromatic heterocycles. The van der Waals surface area contributed by atoms with E-state index >= 15 is 0 Å². The van der Waals surface area contributed by atoms with Crippen LogP contribution in [0.1, 0.15) is 71.4 Å². The number of esters is 2. The average molecular weight is 809 g/mol. The summed E-state index contributed by atoms with van der Waals surface area (Å²) in [6.07, 6.45) is 0.246. The van der Waals surface area contributed by atoms with Gasteiger partial charge in [0.2, 0.25) is 0 Å². The molecule has 1 saturated heterocycles. The Kier molecular flexibility index (Phi) is 15.7. The Hall–Kier alpha value is -6.06. The van der Waals surface area contributed by atoms with Crippen LogP contribution in [0.5, 0.6) is 0 Å². The summed E-state index contributed by atoms with van der Waals surface area (Å²) in [5, 5.41) is 22.4. The molecule has 59 heavy (non-hydrogen) atoms. The number of benzene rings is 4. The van der Waals surface area contributed by atoms with E-state index < -0.39 is 64.2 Å². The second-order valence-electron chi connectivity index (χ2n) is 14.4. The lowest BCUT2D eigenvalue weighted by Gasteiger charge is -2.28. The van der Waals surface area contributed by atoms with Crippen molar-refractivity contribution in [3.8, 4) is 0 Å². The van der Waals surface area contributed by atoms with Crippen molar-refractivity contribution in [2.75, 3.05) is 0 Å². The van der Waals surface area contributed by atoms with Gasteiger partial charge in [0.1, 0.15) is 24.4 Å². The van der Waals surface area contributed by atoms with Crippen molar-refractivity contribution in [1.29, 1.82) is 0 Å². The van der Waals surface area contributed by atoms with Gasteiger partial charge in [-0.05, 0) is 74.9 Å². The zero-order chi connectivity index (χ0) is 42.4. The van der Waals surface area contributed by atoms with Crippen molar-refractivity contribution in [3.05, 3.63) is 177 Å². The molecule has 0 unspecified atom stereocenters. The Bertz CT molecular complexity index is 1880. The number of non-ortho nitro benzene ring substituents is 2. The molecule has 0 saturated carbocycles. The van der Waals surface area contributed by atoms with Crippen LogP contribution in [0.15, 0.2) is 135 Å². The molecule has 0 amide bonds. The Balaban J connectivity index is 1.32. The van der Waals surface area contributed by atoms with Crippen LogP contribution in [0.3, 0.4) is 0 Å². The van der Waals surface area contributed by atoms with Gasteiger partial charge >= 0.3 is 11.9 Å². The molecule has 5 rings (SSSR count). The topological polar surface area (TPSA) is 176 Å². The van der Waals surface area contributed by atoms with E-state index in [4.69, 9.17) is 28.4 Å². The van der Waals surface area contributed by atoms with Gasteiger partial charge in [-0.1, -0.05) is 72.8 Å². The first-order chi connectivity index (χ1) is 28.3. The minimum absolute atomic E-state index is 0.131. The highest BCUT2D eigenvalue weighted by Crippen LogP contribution is 2.35.